The van der Waals surface area contributed by atoms with Gasteiger partial charge < -0.3 is 14.6 Å². The Morgan fingerprint density at radius 3 is 2.62 bits per heavy atom. The summed E-state index contributed by atoms with van der Waals surface area (Å²) < 4.78 is 6.53. The zero-order valence-corrected chi connectivity index (χ0v) is 14.7. The molecule has 0 aliphatic heterocycles. The lowest BCUT2D eigenvalue weighted by molar-refractivity contribution is 0.424. The molecule has 114 valence electrons. The van der Waals surface area contributed by atoms with Crippen molar-refractivity contribution in [1.29, 1.82) is 0 Å². The lowest BCUT2D eigenvalue weighted by Crippen LogP contribution is -2.35. The van der Waals surface area contributed by atoms with E-state index >= 15 is 0 Å². The monoisotopic (exact) mass is 350 g/mol. The van der Waals surface area contributed by atoms with Gasteiger partial charge in [-0.2, -0.15) is 0 Å². The molecule has 4 heteroatoms. The first-order valence-electron chi connectivity index (χ1n) is 7.12. The molecule has 1 aromatic carbocycles. The van der Waals surface area contributed by atoms with Crippen molar-refractivity contribution in [3.63, 3.8) is 0 Å². The van der Waals surface area contributed by atoms with Crippen LogP contribution in [-0.2, 0) is 13.1 Å². The number of hydrogen-bond donors (Lipinski definition) is 1. The number of halogens is 1. The Bertz CT molecular complexity index is 573. The topological polar surface area (TPSA) is 28.4 Å². The summed E-state index contributed by atoms with van der Waals surface area (Å²) in [7, 11) is 2.09. The molecule has 0 fully saturated rings. The standard InChI is InChI=1S/C17H23BrN2O/c1-17(2,3)19-11-13-7-8-14(18)10-16(13)20(4)12-15-6-5-9-21-15/h5-10,19H,11-12H2,1-4H3. The Kier molecular flexibility index (Phi) is 5.12. The quantitative estimate of drug-likeness (QED) is 0.856. The van der Waals surface area contributed by atoms with Gasteiger partial charge in [0.15, 0.2) is 0 Å². The van der Waals surface area contributed by atoms with Crippen molar-refractivity contribution in [1.82, 2.24) is 5.32 Å². The van der Waals surface area contributed by atoms with Gasteiger partial charge in [0, 0.05) is 29.3 Å². The summed E-state index contributed by atoms with van der Waals surface area (Å²) in [5.41, 5.74) is 2.59. The first-order valence-corrected chi connectivity index (χ1v) is 7.91. The minimum Gasteiger partial charge on any atom is -0.467 e. The molecule has 2 rings (SSSR count). The van der Waals surface area contributed by atoms with Gasteiger partial charge in [0.25, 0.3) is 0 Å². The van der Waals surface area contributed by atoms with E-state index in [1.165, 1.54) is 11.3 Å². The van der Waals surface area contributed by atoms with Crippen molar-refractivity contribution in [2.45, 2.75) is 39.4 Å². The summed E-state index contributed by atoms with van der Waals surface area (Å²) in [5, 5.41) is 3.55. The molecule has 0 amide bonds. The Morgan fingerprint density at radius 2 is 2.00 bits per heavy atom. The summed E-state index contributed by atoms with van der Waals surface area (Å²) in [6.45, 7) is 8.13. The molecule has 3 nitrogen and oxygen atoms in total. The molecule has 0 radical (unpaired) electrons. The minimum atomic E-state index is 0.101. The molecular formula is C17H23BrN2O. The average molecular weight is 351 g/mol. The van der Waals surface area contributed by atoms with E-state index in [1.54, 1.807) is 6.26 Å². The molecule has 1 heterocycles. The summed E-state index contributed by atoms with van der Waals surface area (Å²) in [6, 6.07) is 10.3. The van der Waals surface area contributed by atoms with Crippen LogP contribution in [-0.4, -0.2) is 12.6 Å². The third-order valence-electron chi connectivity index (χ3n) is 3.24. The first-order chi connectivity index (χ1) is 9.85. The molecule has 0 spiro atoms. The van der Waals surface area contributed by atoms with E-state index in [4.69, 9.17) is 4.42 Å². The van der Waals surface area contributed by atoms with E-state index in [0.717, 1.165) is 23.3 Å². The minimum absolute atomic E-state index is 0.101. The summed E-state index contributed by atoms with van der Waals surface area (Å²) in [6.07, 6.45) is 1.71. The summed E-state index contributed by atoms with van der Waals surface area (Å²) in [5.74, 6) is 0.965. The third kappa shape index (κ3) is 4.90. The largest absolute Gasteiger partial charge is 0.467 e. The van der Waals surface area contributed by atoms with E-state index in [-0.39, 0.29) is 5.54 Å². The van der Waals surface area contributed by atoms with Crippen molar-refractivity contribution in [3.8, 4) is 0 Å². The van der Waals surface area contributed by atoms with Crippen LogP contribution in [0.25, 0.3) is 0 Å². The fraction of sp³-hybridized carbons (Fsp3) is 0.412. The molecule has 0 aliphatic carbocycles. The maximum Gasteiger partial charge on any atom is 0.123 e. The highest BCUT2D eigenvalue weighted by molar-refractivity contribution is 9.10. The molecular weight excluding hydrogens is 328 g/mol. The molecule has 0 atom stereocenters. The SMILES string of the molecule is CN(Cc1ccco1)c1cc(Br)ccc1CNC(C)(C)C. The maximum absolute atomic E-state index is 5.44. The van der Waals surface area contributed by atoms with Crippen LogP contribution < -0.4 is 10.2 Å². The number of nitrogens with zero attached hydrogens (tertiary/aromatic N) is 1. The van der Waals surface area contributed by atoms with Crippen LogP contribution in [0.3, 0.4) is 0 Å². The second-order valence-electron chi connectivity index (χ2n) is 6.31. The third-order valence-corrected chi connectivity index (χ3v) is 3.73. The van der Waals surface area contributed by atoms with Crippen LogP contribution >= 0.6 is 15.9 Å². The van der Waals surface area contributed by atoms with Crippen LogP contribution in [0.4, 0.5) is 5.69 Å². The molecule has 2 aromatic rings. The highest BCUT2D eigenvalue weighted by Gasteiger charge is 2.13. The molecule has 0 saturated carbocycles. The number of rotatable bonds is 5. The van der Waals surface area contributed by atoms with Crippen LogP contribution in [0.1, 0.15) is 32.1 Å². The van der Waals surface area contributed by atoms with Gasteiger partial charge in [-0.05, 0) is 50.6 Å². The Balaban J connectivity index is 2.18. The molecule has 0 aliphatic rings. The van der Waals surface area contributed by atoms with Gasteiger partial charge in [0.2, 0.25) is 0 Å². The van der Waals surface area contributed by atoms with E-state index in [2.05, 4.69) is 72.2 Å². The van der Waals surface area contributed by atoms with Gasteiger partial charge in [-0.3, -0.25) is 0 Å². The van der Waals surface area contributed by atoms with E-state index in [0.29, 0.717) is 0 Å². The van der Waals surface area contributed by atoms with E-state index in [1.807, 2.05) is 12.1 Å². The van der Waals surface area contributed by atoms with Crippen LogP contribution in [0, 0.1) is 0 Å². The van der Waals surface area contributed by atoms with Crippen molar-refractivity contribution in [2.75, 3.05) is 11.9 Å². The van der Waals surface area contributed by atoms with Crippen molar-refractivity contribution < 1.29 is 4.42 Å². The van der Waals surface area contributed by atoms with Crippen LogP contribution in [0.15, 0.2) is 45.5 Å². The summed E-state index contributed by atoms with van der Waals surface area (Å²) >= 11 is 3.56. The zero-order chi connectivity index (χ0) is 15.5. The smallest absolute Gasteiger partial charge is 0.123 e. The normalized spacial score (nSPS) is 11.7. The second-order valence-corrected chi connectivity index (χ2v) is 7.23. The van der Waals surface area contributed by atoms with Gasteiger partial charge in [-0.15, -0.1) is 0 Å². The second kappa shape index (κ2) is 6.67. The van der Waals surface area contributed by atoms with Gasteiger partial charge in [-0.1, -0.05) is 22.0 Å². The average Bonchev–Trinajstić information content (AvgIpc) is 2.89. The molecule has 0 unspecified atom stereocenters. The molecule has 0 bridgehead atoms. The fourth-order valence-electron chi connectivity index (χ4n) is 2.12. The van der Waals surface area contributed by atoms with Gasteiger partial charge >= 0.3 is 0 Å². The van der Waals surface area contributed by atoms with Gasteiger partial charge in [0.05, 0.1) is 12.8 Å². The molecule has 1 aromatic heterocycles. The Labute approximate surface area is 135 Å². The van der Waals surface area contributed by atoms with Crippen molar-refractivity contribution in [2.24, 2.45) is 0 Å². The predicted octanol–water partition coefficient (Wildman–Crippen LogP) is 4.57. The molecule has 1 N–H and O–H groups in total. The Hall–Kier alpha value is -1.26. The number of anilines is 1. The molecule has 0 saturated heterocycles. The highest BCUT2D eigenvalue weighted by atomic mass is 79.9. The fourth-order valence-corrected chi connectivity index (χ4v) is 2.47. The van der Waals surface area contributed by atoms with Gasteiger partial charge in [0.1, 0.15) is 5.76 Å². The zero-order valence-electron chi connectivity index (χ0n) is 13.1. The van der Waals surface area contributed by atoms with Crippen LogP contribution in [0.5, 0.6) is 0 Å². The van der Waals surface area contributed by atoms with Crippen molar-refractivity contribution in [3.05, 3.63) is 52.4 Å². The number of benzene rings is 1. The lowest BCUT2D eigenvalue weighted by Gasteiger charge is -2.25. The van der Waals surface area contributed by atoms with Gasteiger partial charge in [-0.25, -0.2) is 0 Å². The molecule has 21 heavy (non-hydrogen) atoms. The van der Waals surface area contributed by atoms with Crippen LogP contribution in [0.2, 0.25) is 0 Å². The van der Waals surface area contributed by atoms with E-state index in [9.17, 15) is 0 Å². The first kappa shape index (κ1) is 16.1. The summed E-state index contributed by atoms with van der Waals surface area (Å²) in [4.78, 5) is 2.21. The maximum atomic E-state index is 5.44. The highest BCUT2D eigenvalue weighted by Crippen LogP contribution is 2.26. The lowest BCUT2D eigenvalue weighted by atomic mass is 10.1. The number of nitrogens with one attached hydrogen (secondary N) is 1. The Morgan fingerprint density at radius 1 is 1.24 bits per heavy atom. The number of hydrogen-bond acceptors (Lipinski definition) is 3. The van der Waals surface area contributed by atoms with Crippen molar-refractivity contribution >= 4 is 21.6 Å². The number of furan rings is 1. The van der Waals surface area contributed by atoms with E-state index < -0.39 is 0 Å². The predicted molar refractivity (Wildman–Crippen MR) is 91.5 cm³/mol.